The van der Waals surface area contributed by atoms with Crippen LogP contribution in [0.5, 0.6) is 0 Å². The third-order valence-corrected chi connectivity index (χ3v) is 3.65. The van der Waals surface area contributed by atoms with Gasteiger partial charge < -0.3 is 4.74 Å². The van der Waals surface area contributed by atoms with Gasteiger partial charge >= 0.3 is 6.09 Å². The maximum absolute atomic E-state index is 11.9. The van der Waals surface area contributed by atoms with Crippen molar-refractivity contribution >= 4 is 27.7 Å². The van der Waals surface area contributed by atoms with E-state index in [1.165, 1.54) is 0 Å². The molecule has 1 saturated carbocycles. The maximum Gasteiger partial charge on any atom is 0.412 e. The summed E-state index contributed by atoms with van der Waals surface area (Å²) in [5.74, 6) is 2.84. The van der Waals surface area contributed by atoms with Gasteiger partial charge in [0.1, 0.15) is 5.60 Å². The van der Waals surface area contributed by atoms with Crippen molar-refractivity contribution in [2.75, 3.05) is 5.32 Å². The van der Waals surface area contributed by atoms with E-state index in [-0.39, 0.29) is 5.41 Å². The van der Waals surface area contributed by atoms with Crippen LogP contribution in [0.3, 0.4) is 0 Å². The van der Waals surface area contributed by atoms with Crippen molar-refractivity contribution in [3.8, 4) is 12.3 Å². The summed E-state index contributed by atoms with van der Waals surface area (Å²) in [5.41, 5.74) is 0.933. The van der Waals surface area contributed by atoms with E-state index in [4.69, 9.17) is 11.2 Å². The first kappa shape index (κ1) is 14.9. The fraction of sp³-hybridized carbons (Fsp3) is 0.438. The second-order valence-corrected chi connectivity index (χ2v) is 6.96. The van der Waals surface area contributed by atoms with Crippen molar-refractivity contribution < 1.29 is 9.53 Å². The van der Waals surface area contributed by atoms with Gasteiger partial charge in [0.25, 0.3) is 0 Å². The number of hydrogen-bond donors (Lipinski definition) is 1. The standard InChI is InChI=1S/C16H18BrNO2/c1-5-16(8-9-16)12-7-6-11(17)10-13(12)18-14(19)20-15(2,3)4/h1,6-7,10H,8-9H2,2-4H3,(H,18,19). The maximum atomic E-state index is 11.9. The molecule has 0 aliphatic heterocycles. The monoisotopic (exact) mass is 335 g/mol. The first-order chi connectivity index (χ1) is 9.26. The predicted molar refractivity (Wildman–Crippen MR) is 83.7 cm³/mol. The van der Waals surface area contributed by atoms with Gasteiger partial charge in [-0.15, -0.1) is 6.42 Å². The Morgan fingerprint density at radius 1 is 1.45 bits per heavy atom. The minimum absolute atomic E-state index is 0.231. The van der Waals surface area contributed by atoms with Crippen LogP contribution >= 0.6 is 15.9 Å². The van der Waals surface area contributed by atoms with Crippen LogP contribution in [0.25, 0.3) is 0 Å². The summed E-state index contributed by atoms with van der Waals surface area (Å²) in [4.78, 5) is 11.9. The summed E-state index contributed by atoms with van der Waals surface area (Å²) in [5, 5.41) is 2.80. The minimum atomic E-state index is -0.528. The Bertz CT molecular complexity index is 577. The molecule has 0 atom stereocenters. The zero-order valence-electron chi connectivity index (χ0n) is 11.9. The molecule has 106 valence electrons. The molecule has 3 nitrogen and oxygen atoms in total. The van der Waals surface area contributed by atoms with Crippen LogP contribution in [0, 0.1) is 12.3 Å². The first-order valence-electron chi connectivity index (χ1n) is 6.54. The quantitative estimate of drug-likeness (QED) is 0.810. The van der Waals surface area contributed by atoms with Crippen molar-refractivity contribution in [2.45, 2.75) is 44.6 Å². The third-order valence-electron chi connectivity index (χ3n) is 3.16. The number of ether oxygens (including phenoxy) is 1. The topological polar surface area (TPSA) is 38.3 Å². The number of anilines is 1. The van der Waals surface area contributed by atoms with Crippen LogP contribution in [0.15, 0.2) is 22.7 Å². The second kappa shape index (κ2) is 5.14. The SMILES string of the molecule is C#CC1(c2ccc(Br)cc2NC(=O)OC(C)(C)C)CC1. The molecular weight excluding hydrogens is 318 g/mol. The zero-order valence-corrected chi connectivity index (χ0v) is 13.5. The van der Waals surface area contributed by atoms with Gasteiger partial charge in [0, 0.05) is 10.2 Å². The van der Waals surface area contributed by atoms with Crippen LogP contribution in [0.1, 0.15) is 39.2 Å². The number of amides is 1. The molecule has 1 fully saturated rings. The van der Waals surface area contributed by atoms with Gasteiger partial charge in [-0.1, -0.05) is 27.9 Å². The summed E-state index contributed by atoms with van der Waals surface area (Å²) in [7, 11) is 0. The molecule has 20 heavy (non-hydrogen) atoms. The van der Waals surface area contributed by atoms with E-state index in [9.17, 15) is 4.79 Å². The smallest absolute Gasteiger partial charge is 0.412 e. The molecule has 2 rings (SSSR count). The lowest BCUT2D eigenvalue weighted by Crippen LogP contribution is -2.28. The predicted octanol–water partition coefficient (Wildman–Crippen LogP) is 4.46. The lowest BCUT2D eigenvalue weighted by atomic mass is 9.95. The number of halogens is 1. The highest BCUT2D eigenvalue weighted by molar-refractivity contribution is 9.10. The molecule has 0 bridgehead atoms. The van der Waals surface area contributed by atoms with Crippen molar-refractivity contribution in [1.82, 2.24) is 0 Å². The summed E-state index contributed by atoms with van der Waals surface area (Å²) in [6, 6.07) is 5.76. The normalized spacial score (nSPS) is 16.1. The number of carbonyl (C=O) groups is 1. The Balaban J connectivity index is 2.25. The summed E-state index contributed by atoms with van der Waals surface area (Å²) < 4.78 is 6.18. The third kappa shape index (κ3) is 3.34. The Kier molecular flexibility index (Phi) is 3.84. The Hall–Kier alpha value is -1.47. The summed E-state index contributed by atoms with van der Waals surface area (Å²) in [6.45, 7) is 5.49. The molecule has 0 heterocycles. The molecule has 1 N–H and O–H groups in total. The van der Waals surface area contributed by atoms with Crippen molar-refractivity contribution in [1.29, 1.82) is 0 Å². The molecule has 1 amide bonds. The van der Waals surface area contributed by atoms with E-state index in [0.717, 1.165) is 22.9 Å². The highest BCUT2D eigenvalue weighted by Crippen LogP contribution is 2.50. The van der Waals surface area contributed by atoms with E-state index >= 15 is 0 Å². The number of carbonyl (C=O) groups excluding carboxylic acids is 1. The molecule has 1 aromatic carbocycles. The summed E-state index contributed by atoms with van der Waals surface area (Å²) >= 11 is 3.41. The average Bonchev–Trinajstić information content (AvgIpc) is 3.07. The van der Waals surface area contributed by atoms with Crippen LogP contribution in [-0.4, -0.2) is 11.7 Å². The number of rotatable bonds is 2. The van der Waals surface area contributed by atoms with E-state index in [2.05, 4.69) is 27.2 Å². The molecule has 4 heteroatoms. The minimum Gasteiger partial charge on any atom is -0.444 e. The molecule has 1 aromatic rings. The van der Waals surface area contributed by atoms with Crippen molar-refractivity contribution in [3.63, 3.8) is 0 Å². The molecule has 1 aliphatic carbocycles. The lowest BCUT2D eigenvalue weighted by Gasteiger charge is -2.21. The highest BCUT2D eigenvalue weighted by Gasteiger charge is 2.44. The Morgan fingerprint density at radius 2 is 2.10 bits per heavy atom. The number of nitrogens with one attached hydrogen (secondary N) is 1. The van der Waals surface area contributed by atoms with Crippen molar-refractivity contribution in [3.05, 3.63) is 28.2 Å². The molecule has 0 spiro atoms. The molecule has 0 saturated heterocycles. The van der Waals surface area contributed by atoms with Gasteiger partial charge in [0.05, 0.1) is 5.41 Å². The van der Waals surface area contributed by atoms with Crippen LogP contribution in [0.4, 0.5) is 10.5 Å². The second-order valence-electron chi connectivity index (χ2n) is 6.04. The molecular formula is C16H18BrNO2. The lowest BCUT2D eigenvalue weighted by molar-refractivity contribution is 0.0636. The Morgan fingerprint density at radius 3 is 2.60 bits per heavy atom. The Labute approximate surface area is 128 Å². The molecule has 0 aromatic heterocycles. The van der Waals surface area contributed by atoms with Crippen LogP contribution in [0.2, 0.25) is 0 Å². The highest BCUT2D eigenvalue weighted by atomic mass is 79.9. The fourth-order valence-corrected chi connectivity index (χ4v) is 2.43. The van der Waals surface area contributed by atoms with Gasteiger partial charge in [-0.2, -0.15) is 0 Å². The van der Waals surface area contributed by atoms with Crippen LogP contribution in [-0.2, 0) is 10.2 Å². The van der Waals surface area contributed by atoms with Gasteiger partial charge in [0.15, 0.2) is 0 Å². The number of terminal acetylenes is 1. The largest absolute Gasteiger partial charge is 0.444 e. The van der Waals surface area contributed by atoms with E-state index < -0.39 is 11.7 Å². The fourth-order valence-electron chi connectivity index (χ4n) is 2.07. The van der Waals surface area contributed by atoms with Gasteiger partial charge in [-0.05, 0) is 51.3 Å². The number of hydrogen-bond acceptors (Lipinski definition) is 2. The zero-order chi connectivity index (χ0) is 15.0. The first-order valence-corrected chi connectivity index (χ1v) is 7.33. The van der Waals surface area contributed by atoms with Gasteiger partial charge in [-0.25, -0.2) is 4.79 Å². The van der Waals surface area contributed by atoms with Crippen LogP contribution < -0.4 is 5.32 Å². The van der Waals surface area contributed by atoms with Gasteiger partial charge in [0.2, 0.25) is 0 Å². The molecule has 0 unspecified atom stereocenters. The molecule has 0 radical (unpaired) electrons. The van der Waals surface area contributed by atoms with E-state index in [1.54, 1.807) is 0 Å². The van der Waals surface area contributed by atoms with E-state index in [1.807, 2.05) is 39.0 Å². The molecule has 1 aliphatic rings. The van der Waals surface area contributed by atoms with E-state index in [0.29, 0.717) is 5.69 Å². The summed E-state index contributed by atoms with van der Waals surface area (Å²) in [6.07, 6.45) is 7.07. The van der Waals surface area contributed by atoms with Crippen molar-refractivity contribution in [2.24, 2.45) is 0 Å². The van der Waals surface area contributed by atoms with Gasteiger partial charge in [-0.3, -0.25) is 5.32 Å². The average molecular weight is 336 g/mol. The number of benzene rings is 1.